The van der Waals surface area contributed by atoms with Crippen LogP contribution in [-0.4, -0.2) is 19.8 Å². The molecule has 2 nitrogen and oxygen atoms in total. The normalized spacial score (nSPS) is 13.1. The van der Waals surface area contributed by atoms with Crippen LogP contribution in [0, 0.1) is 23.9 Å². The molecule has 3 heteroatoms. The Hall–Kier alpha value is -0.743. The van der Waals surface area contributed by atoms with Crippen LogP contribution in [0.15, 0.2) is 0 Å². The maximum absolute atomic E-state index is 5.74. The van der Waals surface area contributed by atoms with Gasteiger partial charge in [-0.25, -0.2) is 0 Å². The zero-order chi connectivity index (χ0) is 12.3. The number of hydrogen-bond donors (Lipinski definition) is 0. The van der Waals surface area contributed by atoms with Crippen molar-refractivity contribution in [3.63, 3.8) is 0 Å². The first-order valence-corrected chi connectivity index (χ1v) is 6.71. The first-order chi connectivity index (χ1) is 6.54. The summed E-state index contributed by atoms with van der Waals surface area (Å²) in [5, 5.41) is 0. The van der Waals surface area contributed by atoms with Crippen molar-refractivity contribution >= 4 is 8.56 Å². The monoisotopic (exact) mass is 224 g/mol. The molecule has 0 aliphatic carbocycles. The molecule has 0 N–H and O–H groups in total. The van der Waals surface area contributed by atoms with Gasteiger partial charge in [0.05, 0.1) is 11.2 Å². The van der Waals surface area contributed by atoms with E-state index in [4.69, 9.17) is 21.7 Å². The summed E-state index contributed by atoms with van der Waals surface area (Å²) in [6.45, 7) is 11.5. The second kappa shape index (κ2) is 4.41. The van der Waals surface area contributed by atoms with Gasteiger partial charge in [-0.2, -0.15) is 0 Å². The van der Waals surface area contributed by atoms with Gasteiger partial charge >= 0.3 is 8.56 Å². The van der Waals surface area contributed by atoms with Gasteiger partial charge in [-0.3, -0.25) is 0 Å². The van der Waals surface area contributed by atoms with Crippen molar-refractivity contribution in [3.05, 3.63) is 0 Å². The summed E-state index contributed by atoms with van der Waals surface area (Å²) in [5.41, 5.74) is 4.29. The lowest BCUT2D eigenvalue weighted by Crippen LogP contribution is -2.50. The highest BCUT2D eigenvalue weighted by molar-refractivity contribution is 6.83. The van der Waals surface area contributed by atoms with E-state index in [0.29, 0.717) is 0 Å². The summed E-state index contributed by atoms with van der Waals surface area (Å²) < 4.78 is 11.5. The largest absolute Gasteiger partial charge is 0.511 e. The molecule has 0 amide bonds. The average molecular weight is 224 g/mol. The minimum Gasteiger partial charge on any atom is -0.371 e. The number of rotatable bonds is 2. The Morgan fingerprint density at radius 3 is 1.20 bits per heavy atom. The molecule has 0 aromatic heterocycles. The Morgan fingerprint density at radius 2 is 1.07 bits per heavy atom. The van der Waals surface area contributed by atoms with Crippen molar-refractivity contribution in [2.45, 2.75) is 52.7 Å². The van der Waals surface area contributed by atoms with Crippen LogP contribution in [0.3, 0.4) is 0 Å². The van der Waals surface area contributed by atoms with E-state index in [1.165, 1.54) is 0 Å². The lowest BCUT2D eigenvalue weighted by molar-refractivity contribution is 0.0309. The molecular weight excluding hydrogens is 204 g/mol. The summed E-state index contributed by atoms with van der Waals surface area (Å²) in [7, 11) is -2.96. The summed E-state index contributed by atoms with van der Waals surface area (Å²) in [4.78, 5) is 0. The second-order valence-electron chi connectivity index (χ2n) is 5.33. The van der Waals surface area contributed by atoms with E-state index in [9.17, 15) is 0 Å². The molecule has 0 heterocycles. The summed E-state index contributed by atoms with van der Waals surface area (Å²) in [6, 6.07) is 0. The Balaban J connectivity index is 4.96. The third-order valence-corrected chi connectivity index (χ3v) is 3.84. The molecule has 0 saturated carbocycles. The van der Waals surface area contributed by atoms with Crippen LogP contribution >= 0.6 is 0 Å². The van der Waals surface area contributed by atoms with Gasteiger partial charge < -0.3 is 8.85 Å². The molecule has 0 rings (SSSR count). The van der Waals surface area contributed by atoms with Gasteiger partial charge in [-0.1, -0.05) is 11.1 Å². The van der Waals surface area contributed by atoms with Gasteiger partial charge in [0, 0.05) is 0 Å². The highest BCUT2D eigenvalue weighted by Gasteiger charge is 2.42. The minimum absolute atomic E-state index is 0.393. The van der Waals surface area contributed by atoms with E-state index in [0.717, 1.165) is 0 Å². The topological polar surface area (TPSA) is 18.5 Å². The zero-order valence-electron chi connectivity index (χ0n) is 10.5. The number of terminal acetylenes is 2. The molecule has 0 saturated heterocycles. The molecule has 0 fully saturated rings. The highest BCUT2D eigenvalue weighted by Crippen LogP contribution is 2.22. The molecule has 0 bridgehead atoms. The van der Waals surface area contributed by atoms with Gasteiger partial charge in [0.2, 0.25) is 0 Å². The van der Waals surface area contributed by atoms with Crippen molar-refractivity contribution < 1.29 is 8.85 Å². The summed E-state index contributed by atoms with van der Waals surface area (Å²) >= 11 is 0. The Labute approximate surface area is 94.6 Å². The molecule has 0 spiro atoms. The standard InChI is InChI=1S/C12H20O2Si/c1-9-15(10-2,13-11(3,4)5)14-12(6,7)8/h1-2H,3-8H3. The lowest BCUT2D eigenvalue weighted by atomic mass is 10.2. The van der Waals surface area contributed by atoms with Crippen LogP contribution < -0.4 is 0 Å². The van der Waals surface area contributed by atoms with E-state index >= 15 is 0 Å². The molecule has 0 aromatic rings. The fraction of sp³-hybridized carbons (Fsp3) is 0.667. The van der Waals surface area contributed by atoms with Gasteiger partial charge in [-0.15, -0.1) is 12.8 Å². The Bertz CT molecular complexity index is 262. The predicted molar refractivity (Wildman–Crippen MR) is 65.1 cm³/mol. The van der Waals surface area contributed by atoms with Gasteiger partial charge in [0.25, 0.3) is 0 Å². The van der Waals surface area contributed by atoms with Crippen LogP contribution in [-0.2, 0) is 8.85 Å². The molecule has 0 aromatic carbocycles. The quantitative estimate of drug-likeness (QED) is 0.530. The summed E-state index contributed by atoms with van der Waals surface area (Å²) in [5.74, 6) is 0. The van der Waals surface area contributed by atoms with Gasteiger partial charge in [0.1, 0.15) is 0 Å². The van der Waals surface area contributed by atoms with E-state index in [1.54, 1.807) is 0 Å². The molecule has 0 aliphatic heterocycles. The molecule has 84 valence electrons. The third-order valence-electron chi connectivity index (χ3n) is 1.28. The number of hydrogen-bond acceptors (Lipinski definition) is 2. The average Bonchev–Trinajstić information content (AvgIpc) is 1.98. The predicted octanol–water partition coefficient (Wildman–Crippen LogP) is 2.40. The minimum atomic E-state index is -2.96. The first kappa shape index (κ1) is 14.3. The van der Waals surface area contributed by atoms with Crippen LogP contribution in [0.4, 0.5) is 0 Å². The fourth-order valence-electron chi connectivity index (χ4n) is 1.04. The highest BCUT2D eigenvalue weighted by atomic mass is 28.4. The van der Waals surface area contributed by atoms with Gasteiger partial charge in [0.15, 0.2) is 0 Å². The van der Waals surface area contributed by atoms with E-state index < -0.39 is 19.8 Å². The molecule has 15 heavy (non-hydrogen) atoms. The third kappa shape index (κ3) is 5.64. The molecule has 0 aliphatic rings. The maximum atomic E-state index is 5.74. The van der Waals surface area contributed by atoms with Crippen LogP contribution in [0.5, 0.6) is 0 Å². The SMILES string of the molecule is C#C[Si](C#C)(OC(C)(C)C)OC(C)(C)C. The van der Waals surface area contributed by atoms with Crippen LogP contribution in [0.2, 0.25) is 0 Å². The molecule has 0 atom stereocenters. The van der Waals surface area contributed by atoms with E-state index in [-0.39, 0.29) is 0 Å². The zero-order valence-corrected chi connectivity index (χ0v) is 11.5. The lowest BCUT2D eigenvalue weighted by Gasteiger charge is -2.34. The Kier molecular flexibility index (Phi) is 4.19. The van der Waals surface area contributed by atoms with Crippen molar-refractivity contribution in [3.8, 4) is 23.9 Å². The summed E-state index contributed by atoms with van der Waals surface area (Å²) in [6.07, 6.45) is 10.9. The fourth-order valence-corrected chi connectivity index (χ4v) is 3.13. The molecular formula is C12H20O2Si. The maximum Gasteiger partial charge on any atom is 0.511 e. The Morgan fingerprint density at radius 1 is 0.800 bits per heavy atom. The van der Waals surface area contributed by atoms with Crippen molar-refractivity contribution in [1.29, 1.82) is 0 Å². The van der Waals surface area contributed by atoms with Crippen LogP contribution in [0.1, 0.15) is 41.5 Å². The smallest absolute Gasteiger partial charge is 0.371 e. The van der Waals surface area contributed by atoms with Crippen molar-refractivity contribution in [1.82, 2.24) is 0 Å². The van der Waals surface area contributed by atoms with E-state index in [2.05, 4.69) is 11.1 Å². The van der Waals surface area contributed by atoms with E-state index in [1.807, 2.05) is 41.5 Å². The first-order valence-electron chi connectivity index (χ1n) is 4.89. The van der Waals surface area contributed by atoms with Gasteiger partial charge in [-0.05, 0) is 41.5 Å². The van der Waals surface area contributed by atoms with Crippen molar-refractivity contribution in [2.75, 3.05) is 0 Å². The molecule has 0 radical (unpaired) electrons. The van der Waals surface area contributed by atoms with Crippen LogP contribution in [0.25, 0.3) is 0 Å². The second-order valence-corrected chi connectivity index (χ2v) is 7.55. The molecule has 0 unspecified atom stereocenters. The van der Waals surface area contributed by atoms with Crippen molar-refractivity contribution in [2.24, 2.45) is 0 Å².